The molecule has 4 rings (SSSR count). The lowest BCUT2D eigenvalue weighted by Gasteiger charge is -2.28. The van der Waals surface area contributed by atoms with Crippen LogP contribution in [0.5, 0.6) is 0 Å². The highest BCUT2D eigenvalue weighted by molar-refractivity contribution is 7.18. The van der Waals surface area contributed by atoms with Gasteiger partial charge in [-0.25, -0.2) is 14.4 Å². The number of hydrogen-bond donors (Lipinski definition) is 2. The highest BCUT2D eigenvalue weighted by Crippen LogP contribution is 2.29. The molecule has 1 aliphatic rings. The summed E-state index contributed by atoms with van der Waals surface area (Å²) in [5.74, 6) is 0.976. The number of anilines is 2. The van der Waals surface area contributed by atoms with E-state index >= 15 is 0 Å². The Morgan fingerprint density at radius 2 is 1.78 bits per heavy atom. The summed E-state index contributed by atoms with van der Waals surface area (Å²) in [6, 6.07) is 6.74. The normalized spacial score (nSPS) is 14.8. The molecule has 2 aromatic heterocycles. The molecular weight excluding hydrogens is 363 g/mol. The van der Waals surface area contributed by atoms with E-state index in [0.717, 1.165) is 73.0 Å². The third-order valence-electron chi connectivity index (χ3n) is 4.74. The fourth-order valence-corrected chi connectivity index (χ4v) is 4.31. The molecule has 142 valence electrons. The molecule has 0 unspecified atom stereocenters. The van der Waals surface area contributed by atoms with Crippen molar-refractivity contribution in [3.05, 3.63) is 40.7 Å². The Labute approximate surface area is 161 Å². The van der Waals surface area contributed by atoms with Crippen LogP contribution < -0.4 is 16.0 Å². The molecule has 1 aliphatic heterocycles. The molecule has 27 heavy (non-hydrogen) atoms. The number of aromatic nitrogens is 3. The standard InChI is InChI=1S/C19H23FN6S/c20-14-7-5-13(6-8-14)3-1-2-4-15-23-16-17(26-11-9-22-10-12-26)24-19(21)25-18(16)27-15/h5-8,22H,1-4,9-12H2,(H2,21,24,25). The van der Waals surface area contributed by atoms with Crippen LogP contribution in [0.4, 0.5) is 16.2 Å². The largest absolute Gasteiger partial charge is 0.368 e. The zero-order chi connectivity index (χ0) is 18.6. The zero-order valence-electron chi connectivity index (χ0n) is 15.1. The van der Waals surface area contributed by atoms with Crippen LogP contribution in [0.3, 0.4) is 0 Å². The second-order valence-electron chi connectivity index (χ2n) is 6.74. The fourth-order valence-electron chi connectivity index (χ4n) is 3.33. The van der Waals surface area contributed by atoms with Crippen LogP contribution in [0.1, 0.15) is 23.4 Å². The number of fused-ring (bicyclic) bond motifs is 1. The molecule has 1 saturated heterocycles. The van der Waals surface area contributed by atoms with E-state index in [-0.39, 0.29) is 5.82 Å². The van der Waals surface area contributed by atoms with Crippen molar-refractivity contribution in [3.8, 4) is 0 Å². The van der Waals surface area contributed by atoms with Crippen LogP contribution in [0.25, 0.3) is 10.3 Å². The number of nitrogen functional groups attached to an aromatic ring is 1. The minimum absolute atomic E-state index is 0.186. The molecule has 0 bridgehead atoms. The van der Waals surface area contributed by atoms with E-state index in [0.29, 0.717) is 5.95 Å². The molecule has 6 nitrogen and oxygen atoms in total. The Bertz CT molecular complexity index is 904. The molecule has 1 fully saturated rings. The first-order valence-electron chi connectivity index (χ1n) is 9.32. The molecule has 0 amide bonds. The summed E-state index contributed by atoms with van der Waals surface area (Å²) >= 11 is 1.60. The van der Waals surface area contributed by atoms with E-state index in [2.05, 4.69) is 20.2 Å². The summed E-state index contributed by atoms with van der Waals surface area (Å²) in [6.07, 6.45) is 3.93. The maximum atomic E-state index is 13.0. The molecule has 8 heteroatoms. The first-order chi connectivity index (χ1) is 13.2. The topological polar surface area (TPSA) is 80.0 Å². The number of nitrogens with one attached hydrogen (secondary N) is 1. The van der Waals surface area contributed by atoms with Crippen molar-refractivity contribution < 1.29 is 4.39 Å². The predicted molar refractivity (Wildman–Crippen MR) is 108 cm³/mol. The van der Waals surface area contributed by atoms with Crippen LogP contribution in [-0.2, 0) is 12.8 Å². The van der Waals surface area contributed by atoms with Crippen molar-refractivity contribution in [2.45, 2.75) is 25.7 Å². The summed E-state index contributed by atoms with van der Waals surface area (Å²) < 4.78 is 13.0. The number of thiazole rings is 1. The predicted octanol–water partition coefficient (Wildman–Crippen LogP) is 2.78. The van der Waals surface area contributed by atoms with Gasteiger partial charge in [0.2, 0.25) is 5.95 Å². The van der Waals surface area contributed by atoms with Crippen LogP contribution in [-0.4, -0.2) is 41.1 Å². The Kier molecular flexibility index (Phi) is 5.45. The van der Waals surface area contributed by atoms with E-state index < -0.39 is 0 Å². The van der Waals surface area contributed by atoms with Gasteiger partial charge in [-0.3, -0.25) is 0 Å². The van der Waals surface area contributed by atoms with E-state index in [1.165, 1.54) is 17.7 Å². The summed E-state index contributed by atoms with van der Waals surface area (Å²) in [4.78, 5) is 16.7. The number of hydrogen-bond acceptors (Lipinski definition) is 7. The maximum absolute atomic E-state index is 13.0. The Balaban J connectivity index is 1.42. The lowest BCUT2D eigenvalue weighted by Crippen LogP contribution is -2.44. The highest BCUT2D eigenvalue weighted by Gasteiger charge is 2.19. The minimum atomic E-state index is -0.186. The zero-order valence-corrected chi connectivity index (χ0v) is 15.9. The quantitative estimate of drug-likeness (QED) is 0.634. The van der Waals surface area contributed by atoms with Crippen molar-refractivity contribution in [2.24, 2.45) is 0 Å². The van der Waals surface area contributed by atoms with Gasteiger partial charge in [-0.1, -0.05) is 23.5 Å². The monoisotopic (exact) mass is 386 g/mol. The average Bonchev–Trinajstić information content (AvgIpc) is 3.09. The molecule has 0 aliphatic carbocycles. The molecular formula is C19H23FN6S. The second kappa shape index (κ2) is 8.14. The van der Waals surface area contributed by atoms with Crippen molar-refractivity contribution in [1.82, 2.24) is 20.3 Å². The summed E-state index contributed by atoms with van der Waals surface area (Å²) in [6.45, 7) is 3.67. The third kappa shape index (κ3) is 4.33. The second-order valence-corrected chi connectivity index (χ2v) is 7.80. The molecule has 1 aromatic carbocycles. The number of piperazine rings is 1. The molecule has 3 heterocycles. The van der Waals surface area contributed by atoms with Gasteiger partial charge in [0, 0.05) is 26.2 Å². The summed E-state index contributed by atoms with van der Waals surface area (Å²) in [7, 11) is 0. The number of aryl methyl sites for hydroxylation is 2. The van der Waals surface area contributed by atoms with Crippen LogP contribution in [0, 0.1) is 5.82 Å². The smallest absolute Gasteiger partial charge is 0.223 e. The van der Waals surface area contributed by atoms with E-state index in [4.69, 9.17) is 10.7 Å². The van der Waals surface area contributed by atoms with E-state index in [1.807, 2.05) is 12.1 Å². The van der Waals surface area contributed by atoms with Gasteiger partial charge in [0.1, 0.15) is 11.3 Å². The van der Waals surface area contributed by atoms with Crippen molar-refractivity contribution in [3.63, 3.8) is 0 Å². The first-order valence-corrected chi connectivity index (χ1v) is 10.1. The highest BCUT2D eigenvalue weighted by atomic mass is 32.1. The van der Waals surface area contributed by atoms with Gasteiger partial charge in [-0.05, 0) is 43.4 Å². The van der Waals surface area contributed by atoms with Crippen LogP contribution in [0.2, 0.25) is 0 Å². The van der Waals surface area contributed by atoms with E-state index in [9.17, 15) is 4.39 Å². The number of halogens is 1. The molecule has 3 N–H and O–H groups in total. The van der Waals surface area contributed by atoms with Crippen molar-refractivity contribution in [1.29, 1.82) is 0 Å². The average molecular weight is 386 g/mol. The Morgan fingerprint density at radius 1 is 1.04 bits per heavy atom. The summed E-state index contributed by atoms with van der Waals surface area (Å²) in [5, 5.41) is 4.42. The van der Waals surface area contributed by atoms with Gasteiger partial charge in [0.25, 0.3) is 0 Å². The minimum Gasteiger partial charge on any atom is -0.368 e. The van der Waals surface area contributed by atoms with Gasteiger partial charge in [0.15, 0.2) is 10.6 Å². The lowest BCUT2D eigenvalue weighted by atomic mass is 10.1. The van der Waals surface area contributed by atoms with Gasteiger partial charge in [-0.2, -0.15) is 4.98 Å². The van der Waals surface area contributed by atoms with Crippen LogP contribution >= 0.6 is 11.3 Å². The number of rotatable bonds is 6. The maximum Gasteiger partial charge on any atom is 0.223 e. The van der Waals surface area contributed by atoms with Gasteiger partial charge < -0.3 is 16.0 Å². The van der Waals surface area contributed by atoms with Crippen molar-refractivity contribution in [2.75, 3.05) is 36.8 Å². The summed E-state index contributed by atoms with van der Waals surface area (Å²) in [5.41, 5.74) is 7.96. The van der Waals surface area contributed by atoms with Crippen molar-refractivity contribution >= 4 is 33.5 Å². The molecule has 0 atom stereocenters. The van der Waals surface area contributed by atoms with E-state index in [1.54, 1.807) is 11.3 Å². The lowest BCUT2D eigenvalue weighted by molar-refractivity contribution is 0.586. The molecule has 0 saturated carbocycles. The Morgan fingerprint density at radius 3 is 2.56 bits per heavy atom. The van der Waals surface area contributed by atoms with Gasteiger partial charge >= 0.3 is 0 Å². The van der Waals surface area contributed by atoms with Crippen LogP contribution in [0.15, 0.2) is 24.3 Å². The SMILES string of the molecule is Nc1nc(N2CCNCC2)c2nc(CCCCc3ccc(F)cc3)sc2n1. The van der Waals surface area contributed by atoms with Gasteiger partial charge in [-0.15, -0.1) is 0 Å². The molecule has 3 aromatic rings. The van der Waals surface area contributed by atoms with Gasteiger partial charge in [0.05, 0.1) is 5.01 Å². The number of benzene rings is 1. The number of nitrogens with zero attached hydrogens (tertiary/aromatic N) is 4. The molecule has 0 radical (unpaired) electrons. The number of nitrogens with two attached hydrogens (primary N) is 1. The fraction of sp³-hybridized carbons (Fsp3) is 0.421. The third-order valence-corrected chi connectivity index (χ3v) is 5.75. The Hall–Kier alpha value is -2.32. The number of unbranched alkanes of at least 4 members (excludes halogenated alkanes) is 1. The first kappa shape index (κ1) is 18.1. The molecule has 0 spiro atoms.